The van der Waals surface area contributed by atoms with Crippen molar-refractivity contribution in [2.24, 2.45) is 51.8 Å². The SMILES string of the molecule is CC(C)C1CC2CC3(C=O)[C@@H]4CC[C@@H](C)[C@H]4CC2(C2CCC(CN(C)Cc4cccc(CN(C)CCc5ccccn5)n4)O2)C13C(=O)O. The highest BCUT2D eigenvalue weighted by atomic mass is 16.5. The van der Waals surface area contributed by atoms with Crippen molar-refractivity contribution in [2.45, 2.75) is 97.4 Å². The molecular formula is C40H56N4O4. The summed E-state index contributed by atoms with van der Waals surface area (Å²) in [7, 11) is 4.27. The number of likely N-dealkylation sites (N-methyl/N-ethyl adjacent to an activating group) is 2. The van der Waals surface area contributed by atoms with Gasteiger partial charge in [0.05, 0.1) is 29.0 Å². The van der Waals surface area contributed by atoms with Gasteiger partial charge in [-0.1, -0.05) is 39.3 Å². The molecule has 0 spiro atoms. The van der Waals surface area contributed by atoms with Crippen LogP contribution in [0.15, 0.2) is 42.6 Å². The second kappa shape index (κ2) is 12.9. The summed E-state index contributed by atoms with van der Waals surface area (Å²) in [5, 5.41) is 11.4. The Kier molecular flexibility index (Phi) is 9.08. The number of aliphatic carboxylic acids is 1. The van der Waals surface area contributed by atoms with E-state index in [0.717, 1.165) is 94.6 Å². The average molecular weight is 657 g/mol. The van der Waals surface area contributed by atoms with Gasteiger partial charge in [0.1, 0.15) is 6.29 Å². The predicted molar refractivity (Wildman–Crippen MR) is 185 cm³/mol. The summed E-state index contributed by atoms with van der Waals surface area (Å²) in [4.78, 5) is 41.4. The Bertz CT molecular complexity index is 1490. The summed E-state index contributed by atoms with van der Waals surface area (Å²) in [6.45, 7) is 9.92. The van der Waals surface area contributed by atoms with E-state index in [1.165, 1.54) is 6.29 Å². The van der Waals surface area contributed by atoms with E-state index in [1.807, 2.05) is 18.3 Å². The molecule has 0 aromatic carbocycles. The van der Waals surface area contributed by atoms with Gasteiger partial charge in [0.2, 0.25) is 0 Å². The van der Waals surface area contributed by atoms with Gasteiger partial charge in [0.25, 0.3) is 0 Å². The minimum atomic E-state index is -1.04. The van der Waals surface area contributed by atoms with Crippen molar-refractivity contribution in [3.05, 3.63) is 59.7 Å². The van der Waals surface area contributed by atoms with Crippen LogP contribution >= 0.6 is 0 Å². The second-order valence-electron chi connectivity index (χ2n) is 16.8. The Hall–Kier alpha value is -2.68. The molecule has 5 fully saturated rings. The molecule has 1 aliphatic heterocycles. The zero-order valence-electron chi connectivity index (χ0n) is 29.7. The summed E-state index contributed by atoms with van der Waals surface area (Å²) >= 11 is 0. The quantitative estimate of drug-likeness (QED) is 0.257. The Morgan fingerprint density at radius 2 is 1.77 bits per heavy atom. The van der Waals surface area contributed by atoms with Gasteiger partial charge in [-0.25, -0.2) is 0 Å². The van der Waals surface area contributed by atoms with Gasteiger partial charge in [-0.15, -0.1) is 0 Å². The van der Waals surface area contributed by atoms with Gasteiger partial charge in [-0.3, -0.25) is 19.7 Å². The molecule has 0 amide bonds. The summed E-state index contributed by atoms with van der Waals surface area (Å²) < 4.78 is 7.07. The maximum Gasteiger partial charge on any atom is 0.311 e. The first-order valence-electron chi connectivity index (χ1n) is 18.6. The molecule has 3 heterocycles. The molecule has 7 rings (SSSR count). The van der Waals surface area contributed by atoms with Crippen LogP contribution in [0, 0.1) is 51.8 Å². The monoisotopic (exact) mass is 656 g/mol. The number of pyridine rings is 2. The average Bonchev–Trinajstić information content (AvgIpc) is 3.80. The number of rotatable bonds is 13. The van der Waals surface area contributed by atoms with Gasteiger partial charge >= 0.3 is 5.97 Å². The zero-order chi connectivity index (χ0) is 33.8. The first-order chi connectivity index (χ1) is 23.1. The molecule has 0 radical (unpaired) electrons. The topological polar surface area (TPSA) is 95.9 Å². The Labute approximate surface area is 287 Å². The number of carboxylic acid groups (broad SMARTS) is 1. The third-order valence-electron chi connectivity index (χ3n) is 14.0. The number of aromatic nitrogens is 2. The lowest BCUT2D eigenvalue weighted by molar-refractivity contribution is -0.215. The van der Waals surface area contributed by atoms with Crippen molar-refractivity contribution < 1.29 is 19.4 Å². The fourth-order valence-corrected chi connectivity index (χ4v) is 12.4. The first-order valence-corrected chi connectivity index (χ1v) is 18.6. The molecule has 8 nitrogen and oxygen atoms in total. The number of aldehydes is 1. The molecule has 2 aromatic rings. The van der Waals surface area contributed by atoms with Crippen LogP contribution in [-0.2, 0) is 33.8 Å². The number of hydrogen-bond donors (Lipinski definition) is 1. The fourth-order valence-electron chi connectivity index (χ4n) is 12.4. The maximum atomic E-state index is 13.9. The minimum absolute atomic E-state index is 0.00790. The molecule has 48 heavy (non-hydrogen) atoms. The fraction of sp³-hybridized carbons (Fsp3) is 0.700. The number of fused-ring (bicyclic) bond motifs is 2. The number of nitrogens with zero attached hydrogens (tertiary/aromatic N) is 4. The van der Waals surface area contributed by atoms with Gasteiger partial charge in [-0.05, 0) is 112 Å². The van der Waals surface area contributed by atoms with E-state index in [9.17, 15) is 14.7 Å². The lowest BCUT2D eigenvalue weighted by atomic mass is 9.40. The number of hydrogen-bond acceptors (Lipinski definition) is 7. The van der Waals surface area contributed by atoms with E-state index in [0.29, 0.717) is 11.8 Å². The van der Waals surface area contributed by atoms with Crippen LogP contribution in [0.2, 0.25) is 0 Å². The van der Waals surface area contributed by atoms with E-state index >= 15 is 0 Å². The van der Waals surface area contributed by atoms with E-state index in [4.69, 9.17) is 9.72 Å². The summed E-state index contributed by atoms with van der Waals surface area (Å²) in [6.07, 6.45) is 10.3. The molecule has 8 heteroatoms. The van der Waals surface area contributed by atoms with Crippen LogP contribution in [0.4, 0.5) is 0 Å². The van der Waals surface area contributed by atoms with Crippen molar-refractivity contribution in [2.75, 3.05) is 27.2 Å². The molecule has 1 N–H and O–H groups in total. The molecule has 5 aliphatic rings. The number of carbonyl (C=O) groups is 2. The smallest absolute Gasteiger partial charge is 0.311 e. The van der Waals surface area contributed by atoms with Crippen molar-refractivity contribution in [1.29, 1.82) is 0 Å². The predicted octanol–water partition coefficient (Wildman–Crippen LogP) is 6.14. The lowest BCUT2D eigenvalue weighted by Crippen LogP contribution is -2.66. The Balaban J connectivity index is 1.04. The van der Waals surface area contributed by atoms with Gasteiger partial charge < -0.3 is 19.5 Å². The largest absolute Gasteiger partial charge is 0.481 e. The number of ether oxygens (including phenoxy) is 1. The lowest BCUT2D eigenvalue weighted by Gasteiger charge is -2.61. The molecule has 7 unspecified atom stereocenters. The first kappa shape index (κ1) is 33.8. The van der Waals surface area contributed by atoms with Crippen molar-refractivity contribution in [3.63, 3.8) is 0 Å². The molecule has 4 saturated carbocycles. The summed E-state index contributed by atoms with van der Waals surface area (Å²) in [5.41, 5.74) is 0.930. The maximum absolute atomic E-state index is 13.9. The van der Waals surface area contributed by atoms with Crippen LogP contribution in [0.25, 0.3) is 0 Å². The number of carbonyl (C=O) groups excluding carboxylic acids is 1. The molecule has 1 saturated heterocycles. The number of carboxylic acids is 1. The van der Waals surface area contributed by atoms with E-state index in [-0.39, 0.29) is 35.9 Å². The summed E-state index contributed by atoms with van der Waals surface area (Å²) in [5.74, 6) is 0.871. The van der Waals surface area contributed by atoms with Crippen molar-refractivity contribution in [1.82, 2.24) is 19.8 Å². The third-order valence-corrected chi connectivity index (χ3v) is 14.0. The normalized spacial score (nSPS) is 38.3. The molecule has 2 aromatic heterocycles. The Morgan fingerprint density at radius 3 is 2.46 bits per heavy atom. The molecule has 4 bridgehead atoms. The van der Waals surface area contributed by atoms with E-state index < -0.39 is 22.2 Å². The van der Waals surface area contributed by atoms with Crippen LogP contribution in [0.5, 0.6) is 0 Å². The minimum Gasteiger partial charge on any atom is -0.481 e. The summed E-state index contributed by atoms with van der Waals surface area (Å²) in [6, 6.07) is 12.4. The third kappa shape index (κ3) is 5.10. The molecule has 260 valence electrons. The highest BCUT2D eigenvalue weighted by molar-refractivity contribution is 5.86. The highest BCUT2D eigenvalue weighted by Crippen LogP contribution is 2.85. The van der Waals surface area contributed by atoms with Crippen LogP contribution in [0.3, 0.4) is 0 Å². The van der Waals surface area contributed by atoms with Crippen molar-refractivity contribution in [3.8, 4) is 0 Å². The van der Waals surface area contributed by atoms with Gasteiger partial charge in [0.15, 0.2) is 0 Å². The standard InChI is InChI=1S/C40H56N4O4/c1-26(2)35-19-28-20-38(25-45)34-14-12-27(3)33(34)21-39(28,40(35,38)37(46)47)36-15-13-32(48-36)24-44(5)23-31-11-8-10-30(42-31)22-43(4)18-16-29-9-6-7-17-41-29/h6-11,17,25-28,32-36H,12-16,18-24H2,1-5H3,(H,46,47)/t27-,28?,32?,33-,34-,35?,36?,38?,39?,40?/m1/s1. The van der Waals surface area contributed by atoms with Crippen LogP contribution in [0.1, 0.15) is 82.8 Å². The van der Waals surface area contributed by atoms with Crippen LogP contribution in [-0.4, -0.2) is 76.5 Å². The van der Waals surface area contributed by atoms with Crippen LogP contribution < -0.4 is 0 Å². The highest BCUT2D eigenvalue weighted by Gasteiger charge is 2.88. The van der Waals surface area contributed by atoms with Gasteiger partial charge in [-0.2, -0.15) is 0 Å². The molecular weight excluding hydrogens is 600 g/mol. The second-order valence-corrected chi connectivity index (χ2v) is 16.8. The van der Waals surface area contributed by atoms with Crippen molar-refractivity contribution >= 4 is 12.3 Å². The molecule has 4 aliphatic carbocycles. The zero-order valence-corrected chi connectivity index (χ0v) is 29.7. The molecule has 10 atom stereocenters. The van der Waals surface area contributed by atoms with E-state index in [1.54, 1.807) is 0 Å². The Morgan fingerprint density at radius 1 is 1.02 bits per heavy atom. The van der Waals surface area contributed by atoms with E-state index in [2.05, 4.69) is 73.9 Å². The van der Waals surface area contributed by atoms with Gasteiger partial charge in [0, 0.05) is 55.3 Å².